The quantitative estimate of drug-likeness (QED) is 0.600. The van der Waals surface area contributed by atoms with E-state index in [0.717, 1.165) is 18.5 Å². The normalized spacial score (nSPS) is 11.2. The first-order valence-corrected chi connectivity index (χ1v) is 5.46. The molecule has 0 spiro atoms. The molecule has 0 amide bonds. The molecule has 1 heterocycles. The summed E-state index contributed by atoms with van der Waals surface area (Å²) >= 11 is 0. The van der Waals surface area contributed by atoms with Gasteiger partial charge in [0.15, 0.2) is 0 Å². The first kappa shape index (κ1) is 11.6. The Hall–Kier alpha value is -1.88. The highest BCUT2D eigenvalue weighted by Crippen LogP contribution is 2.26. The molecule has 0 aliphatic rings. The lowest BCUT2D eigenvalue weighted by Gasteiger charge is -2.11. The Kier molecular flexibility index (Phi) is 3.10. The van der Waals surface area contributed by atoms with Gasteiger partial charge >= 0.3 is 0 Å². The van der Waals surface area contributed by atoms with Crippen molar-refractivity contribution < 1.29 is 4.92 Å². The molecule has 0 saturated carbocycles. The molecular formula is C12H15N3O2. The van der Waals surface area contributed by atoms with E-state index in [1.807, 2.05) is 37.0 Å². The molecule has 0 radical (unpaired) electrons. The molecule has 5 heteroatoms. The maximum Gasteiger partial charge on any atom is 0.293 e. The molecule has 0 aliphatic heterocycles. The predicted octanol–water partition coefficient (Wildman–Crippen LogP) is 2.11. The molecule has 1 aromatic carbocycles. The van der Waals surface area contributed by atoms with Crippen molar-refractivity contribution in [2.45, 2.75) is 6.54 Å². The number of hydrogen-bond acceptors (Lipinski definition) is 3. The van der Waals surface area contributed by atoms with E-state index in [1.54, 1.807) is 12.1 Å². The highest BCUT2D eigenvalue weighted by Gasteiger charge is 2.14. The summed E-state index contributed by atoms with van der Waals surface area (Å²) in [4.78, 5) is 12.7. The summed E-state index contributed by atoms with van der Waals surface area (Å²) in [6.45, 7) is 1.61. The van der Waals surface area contributed by atoms with Crippen LogP contribution in [0.3, 0.4) is 0 Å². The van der Waals surface area contributed by atoms with E-state index in [2.05, 4.69) is 4.90 Å². The smallest absolute Gasteiger partial charge is 0.293 e. The zero-order valence-electron chi connectivity index (χ0n) is 9.96. The lowest BCUT2D eigenvalue weighted by molar-refractivity contribution is -0.383. The lowest BCUT2D eigenvalue weighted by atomic mass is 10.2. The van der Waals surface area contributed by atoms with Gasteiger partial charge in [-0.2, -0.15) is 0 Å². The SMILES string of the molecule is CN(C)CCn1ccc2cccc([N+](=O)[O-])c21. The average molecular weight is 233 g/mol. The number of benzene rings is 1. The summed E-state index contributed by atoms with van der Waals surface area (Å²) in [5.41, 5.74) is 0.880. The van der Waals surface area contributed by atoms with Gasteiger partial charge in [-0.1, -0.05) is 12.1 Å². The predicted molar refractivity (Wildman–Crippen MR) is 67.1 cm³/mol. The van der Waals surface area contributed by atoms with Gasteiger partial charge in [-0.15, -0.1) is 0 Å². The fourth-order valence-electron chi connectivity index (χ4n) is 1.88. The molecule has 5 nitrogen and oxygen atoms in total. The second-order valence-electron chi connectivity index (χ2n) is 4.28. The van der Waals surface area contributed by atoms with Gasteiger partial charge in [-0.05, 0) is 20.2 Å². The van der Waals surface area contributed by atoms with Crippen LogP contribution in [0, 0.1) is 10.1 Å². The summed E-state index contributed by atoms with van der Waals surface area (Å²) in [5.74, 6) is 0. The summed E-state index contributed by atoms with van der Waals surface area (Å²) < 4.78 is 1.94. The van der Waals surface area contributed by atoms with Crippen molar-refractivity contribution in [2.24, 2.45) is 0 Å². The number of nitro benzene ring substituents is 1. The lowest BCUT2D eigenvalue weighted by Crippen LogP contribution is -2.18. The molecule has 0 N–H and O–H groups in total. The molecule has 2 rings (SSSR count). The van der Waals surface area contributed by atoms with E-state index < -0.39 is 0 Å². The number of para-hydroxylation sites is 1. The van der Waals surface area contributed by atoms with Crippen molar-refractivity contribution in [3.05, 3.63) is 40.6 Å². The second-order valence-corrected chi connectivity index (χ2v) is 4.28. The van der Waals surface area contributed by atoms with Gasteiger partial charge in [-0.3, -0.25) is 10.1 Å². The molecule has 0 aliphatic carbocycles. The monoisotopic (exact) mass is 233 g/mol. The van der Waals surface area contributed by atoms with Crippen LogP contribution in [0.2, 0.25) is 0 Å². The van der Waals surface area contributed by atoms with E-state index in [0.29, 0.717) is 5.52 Å². The van der Waals surface area contributed by atoms with Gasteiger partial charge in [0, 0.05) is 30.7 Å². The van der Waals surface area contributed by atoms with E-state index >= 15 is 0 Å². The van der Waals surface area contributed by atoms with Crippen LogP contribution >= 0.6 is 0 Å². The van der Waals surface area contributed by atoms with Crippen LogP contribution in [0.4, 0.5) is 5.69 Å². The van der Waals surface area contributed by atoms with Crippen LogP contribution in [0.5, 0.6) is 0 Å². The van der Waals surface area contributed by atoms with E-state index in [-0.39, 0.29) is 10.6 Å². The highest BCUT2D eigenvalue weighted by atomic mass is 16.6. The minimum atomic E-state index is -0.325. The van der Waals surface area contributed by atoms with Gasteiger partial charge in [-0.25, -0.2) is 0 Å². The van der Waals surface area contributed by atoms with Crippen molar-refractivity contribution in [3.8, 4) is 0 Å². The van der Waals surface area contributed by atoms with E-state index in [9.17, 15) is 10.1 Å². The molecular weight excluding hydrogens is 218 g/mol. The molecule has 0 unspecified atom stereocenters. The topological polar surface area (TPSA) is 51.3 Å². The Morgan fingerprint density at radius 1 is 1.35 bits per heavy atom. The minimum Gasteiger partial charge on any atom is -0.341 e. The molecule has 0 fully saturated rings. The number of hydrogen-bond donors (Lipinski definition) is 0. The Morgan fingerprint density at radius 3 is 2.76 bits per heavy atom. The number of nitrogens with zero attached hydrogens (tertiary/aromatic N) is 3. The zero-order valence-corrected chi connectivity index (χ0v) is 9.96. The van der Waals surface area contributed by atoms with Crippen LogP contribution < -0.4 is 0 Å². The fraction of sp³-hybridized carbons (Fsp3) is 0.333. The summed E-state index contributed by atoms with van der Waals surface area (Å²) in [6.07, 6.45) is 1.90. The van der Waals surface area contributed by atoms with Crippen LogP contribution in [-0.4, -0.2) is 35.0 Å². The molecule has 0 saturated heterocycles. The van der Waals surface area contributed by atoms with Crippen molar-refractivity contribution >= 4 is 16.6 Å². The van der Waals surface area contributed by atoms with Crippen LogP contribution in [0.25, 0.3) is 10.9 Å². The standard InChI is InChI=1S/C12H15N3O2/c1-13(2)8-9-14-7-6-10-4-3-5-11(12(10)14)15(16)17/h3-7H,8-9H2,1-2H3. The number of fused-ring (bicyclic) bond motifs is 1. The van der Waals surface area contributed by atoms with Crippen LogP contribution in [0.15, 0.2) is 30.5 Å². The number of likely N-dealkylation sites (N-methyl/N-ethyl adjacent to an activating group) is 1. The molecule has 1 aromatic heterocycles. The summed E-state index contributed by atoms with van der Waals surface area (Å²) in [6, 6.07) is 7.08. The van der Waals surface area contributed by atoms with Crippen molar-refractivity contribution in [2.75, 3.05) is 20.6 Å². The summed E-state index contributed by atoms with van der Waals surface area (Å²) in [7, 11) is 3.97. The molecule has 17 heavy (non-hydrogen) atoms. The first-order valence-electron chi connectivity index (χ1n) is 5.46. The minimum absolute atomic E-state index is 0.172. The van der Waals surface area contributed by atoms with Crippen LogP contribution in [-0.2, 0) is 6.54 Å². The molecule has 90 valence electrons. The molecule has 0 atom stereocenters. The fourth-order valence-corrected chi connectivity index (χ4v) is 1.88. The van der Waals surface area contributed by atoms with Gasteiger partial charge in [0.05, 0.1) is 4.92 Å². The van der Waals surface area contributed by atoms with Gasteiger partial charge < -0.3 is 9.47 Å². The Bertz CT molecular complexity index is 546. The van der Waals surface area contributed by atoms with E-state index in [4.69, 9.17) is 0 Å². The maximum absolute atomic E-state index is 11.0. The third kappa shape index (κ3) is 2.29. The van der Waals surface area contributed by atoms with Gasteiger partial charge in [0.25, 0.3) is 5.69 Å². The molecule has 2 aromatic rings. The number of nitro groups is 1. The maximum atomic E-state index is 11.0. The van der Waals surface area contributed by atoms with Crippen molar-refractivity contribution in [1.29, 1.82) is 0 Å². The largest absolute Gasteiger partial charge is 0.341 e. The molecule has 0 bridgehead atoms. The van der Waals surface area contributed by atoms with Gasteiger partial charge in [0.1, 0.15) is 5.52 Å². The summed E-state index contributed by atoms with van der Waals surface area (Å²) in [5, 5.41) is 11.9. The van der Waals surface area contributed by atoms with E-state index in [1.165, 1.54) is 0 Å². The Labute approximate surface area is 99.4 Å². The van der Waals surface area contributed by atoms with Crippen molar-refractivity contribution in [3.63, 3.8) is 0 Å². The first-order chi connectivity index (χ1) is 8.09. The third-order valence-corrected chi connectivity index (χ3v) is 2.75. The number of rotatable bonds is 4. The van der Waals surface area contributed by atoms with Crippen molar-refractivity contribution in [1.82, 2.24) is 9.47 Å². The number of non-ortho nitro benzene ring substituents is 1. The Balaban J connectivity index is 2.46. The third-order valence-electron chi connectivity index (χ3n) is 2.75. The van der Waals surface area contributed by atoms with Crippen LogP contribution in [0.1, 0.15) is 0 Å². The highest BCUT2D eigenvalue weighted by molar-refractivity contribution is 5.88. The Morgan fingerprint density at radius 2 is 2.12 bits per heavy atom. The average Bonchev–Trinajstić information content (AvgIpc) is 2.69. The second kappa shape index (κ2) is 4.55. The zero-order chi connectivity index (χ0) is 12.4. The number of aromatic nitrogens is 1. The van der Waals surface area contributed by atoms with Gasteiger partial charge in [0.2, 0.25) is 0 Å².